The van der Waals surface area contributed by atoms with Gasteiger partial charge in [0, 0.05) is 17.7 Å². The van der Waals surface area contributed by atoms with Crippen molar-refractivity contribution >= 4 is 0 Å². The molecule has 7 heteroatoms. The molecule has 0 amide bonds. The molecule has 0 aromatic heterocycles. The highest BCUT2D eigenvalue weighted by Crippen LogP contribution is 2.26. The van der Waals surface area contributed by atoms with Gasteiger partial charge >= 0.3 is 6.36 Å². The van der Waals surface area contributed by atoms with Gasteiger partial charge in [0.05, 0.1) is 6.61 Å². The quantitative estimate of drug-likeness (QED) is 0.642. The van der Waals surface area contributed by atoms with E-state index < -0.39 is 18.8 Å². The average Bonchev–Trinajstić information content (AvgIpc) is 2.33. The molecule has 1 rings (SSSR count). The normalized spacial score (nSPS) is 13.4. The van der Waals surface area contributed by atoms with Gasteiger partial charge < -0.3 is 10.1 Å². The Morgan fingerprint density at radius 2 is 1.95 bits per heavy atom. The molecular weight excluding hydrogens is 266 g/mol. The molecule has 0 saturated carbocycles. The summed E-state index contributed by atoms with van der Waals surface area (Å²) in [4.78, 5) is 0. The van der Waals surface area contributed by atoms with Gasteiger partial charge in [-0.3, -0.25) is 4.74 Å². The van der Waals surface area contributed by atoms with Crippen molar-refractivity contribution < 1.29 is 27.0 Å². The largest absolute Gasteiger partial charge is 0.522 e. The van der Waals surface area contributed by atoms with Crippen molar-refractivity contribution in [3.05, 3.63) is 29.6 Å². The Hall–Kier alpha value is -1.34. The van der Waals surface area contributed by atoms with Crippen LogP contribution in [0.3, 0.4) is 0 Å². The summed E-state index contributed by atoms with van der Waals surface area (Å²) in [5, 5.41) is 2.94. The fourth-order valence-corrected chi connectivity index (χ4v) is 1.46. The van der Waals surface area contributed by atoms with Crippen molar-refractivity contribution in [3.8, 4) is 5.75 Å². The highest BCUT2D eigenvalue weighted by molar-refractivity contribution is 5.36. The topological polar surface area (TPSA) is 30.5 Å². The van der Waals surface area contributed by atoms with Crippen molar-refractivity contribution in [2.45, 2.75) is 19.3 Å². The summed E-state index contributed by atoms with van der Waals surface area (Å²) in [6.07, 6.45) is -4.69. The molecular formula is C12H15F4NO2. The van der Waals surface area contributed by atoms with Crippen molar-refractivity contribution in [2.24, 2.45) is 0 Å². The van der Waals surface area contributed by atoms with Gasteiger partial charge in [-0.2, -0.15) is 0 Å². The van der Waals surface area contributed by atoms with Gasteiger partial charge in [-0.05, 0) is 20.0 Å². The highest BCUT2D eigenvalue weighted by atomic mass is 19.4. The Morgan fingerprint density at radius 3 is 2.53 bits per heavy atom. The molecule has 0 bridgehead atoms. The van der Waals surface area contributed by atoms with Crippen LogP contribution in [0.4, 0.5) is 17.6 Å². The molecule has 0 aliphatic rings. The highest BCUT2D eigenvalue weighted by Gasteiger charge is 2.28. The van der Waals surface area contributed by atoms with Gasteiger partial charge in [0.25, 0.3) is 0 Å². The number of halogens is 4. The van der Waals surface area contributed by atoms with Crippen LogP contribution in [-0.4, -0.2) is 26.6 Å². The van der Waals surface area contributed by atoms with E-state index in [2.05, 4.69) is 10.1 Å². The molecule has 1 aromatic rings. The lowest BCUT2D eigenvalue weighted by Gasteiger charge is -2.17. The van der Waals surface area contributed by atoms with E-state index in [-0.39, 0.29) is 18.4 Å². The number of hydrogen-bond donors (Lipinski definition) is 1. The van der Waals surface area contributed by atoms with Crippen LogP contribution in [0.5, 0.6) is 5.75 Å². The average molecular weight is 281 g/mol. The molecule has 0 spiro atoms. The van der Waals surface area contributed by atoms with Crippen LogP contribution in [0.25, 0.3) is 0 Å². The SMILES string of the molecule is CNC(C)c1ccc(F)cc1OCCOC(F)(F)F. The minimum Gasteiger partial charge on any atom is -0.491 e. The van der Waals surface area contributed by atoms with Gasteiger partial charge in [-0.15, -0.1) is 13.2 Å². The van der Waals surface area contributed by atoms with Crippen molar-refractivity contribution in [1.82, 2.24) is 5.32 Å². The number of hydrogen-bond acceptors (Lipinski definition) is 3. The zero-order chi connectivity index (χ0) is 14.5. The smallest absolute Gasteiger partial charge is 0.491 e. The van der Waals surface area contributed by atoms with Crippen molar-refractivity contribution in [3.63, 3.8) is 0 Å². The molecule has 19 heavy (non-hydrogen) atoms. The second kappa shape index (κ2) is 6.72. The first-order valence-electron chi connectivity index (χ1n) is 5.63. The first-order valence-corrected chi connectivity index (χ1v) is 5.63. The second-order valence-electron chi connectivity index (χ2n) is 3.84. The molecule has 0 fully saturated rings. The van der Waals surface area contributed by atoms with E-state index >= 15 is 0 Å². The second-order valence-corrected chi connectivity index (χ2v) is 3.84. The van der Waals surface area contributed by atoms with Gasteiger partial charge in [0.2, 0.25) is 0 Å². The summed E-state index contributed by atoms with van der Waals surface area (Å²) in [5.74, 6) is -0.314. The minimum atomic E-state index is -4.69. The van der Waals surface area contributed by atoms with Crippen LogP contribution >= 0.6 is 0 Å². The van der Waals surface area contributed by atoms with Crippen LogP contribution in [0.15, 0.2) is 18.2 Å². The predicted octanol–water partition coefficient (Wildman–Crippen LogP) is 3.02. The molecule has 0 radical (unpaired) electrons. The summed E-state index contributed by atoms with van der Waals surface area (Å²) in [7, 11) is 1.71. The summed E-state index contributed by atoms with van der Waals surface area (Å²) >= 11 is 0. The monoisotopic (exact) mass is 281 g/mol. The summed E-state index contributed by atoms with van der Waals surface area (Å²) in [6, 6.07) is 3.81. The maximum atomic E-state index is 13.1. The zero-order valence-corrected chi connectivity index (χ0v) is 10.6. The van der Waals surface area contributed by atoms with E-state index in [9.17, 15) is 17.6 Å². The summed E-state index contributed by atoms with van der Waals surface area (Å²) < 4.78 is 57.1. The molecule has 1 aromatic carbocycles. The molecule has 1 unspecified atom stereocenters. The molecule has 0 heterocycles. The minimum absolute atomic E-state index is 0.112. The molecule has 1 N–H and O–H groups in total. The van der Waals surface area contributed by atoms with Gasteiger partial charge in [0.15, 0.2) is 0 Å². The lowest BCUT2D eigenvalue weighted by molar-refractivity contribution is -0.325. The molecule has 3 nitrogen and oxygen atoms in total. The van der Waals surface area contributed by atoms with E-state index in [1.54, 1.807) is 7.05 Å². The van der Waals surface area contributed by atoms with Crippen LogP contribution < -0.4 is 10.1 Å². The van der Waals surface area contributed by atoms with E-state index in [4.69, 9.17) is 4.74 Å². The van der Waals surface area contributed by atoms with Gasteiger partial charge in [-0.25, -0.2) is 4.39 Å². The fourth-order valence-electron chi connectivity index (χ4n) is 1.46. The lowest BCUT2D eigenvalue weighted by Crippen LogP contribution is -2.19. The van der Waals surface area contributed by atoms with E-state index in [1.165, 1.54) is 12.1 Å². The molecule has 0 aliphatic carbocycles. The van der Waals surface area contributed by atoms with E-state index in [0.29, 0.717) is 5.56 Å². The number of rotatable bonds is 6. The Bertz CT molecular complexity index is 409. The molecule has 0 aliphatic heterocycles. The third-order valence-electron chi connectivity index (χ3n) is 2.48. The van der Waals surface area contributed by atoms with Crippen LogP contribution in [0.1, 0.15) is 18.5 Å². The Kier molecular flexibility index (Phi) is 5.56. The number of benzene rings is 1. The lowest BCUT2D eigenvalue weighted by atomic mass is 10.1. The summed E-state index contributed by atoms with van der Waals surface area (Å²) in [6.45, 7) is 0.867. The number of nitrogens with one attached hydrogen (secondary N) is 1. The molecule has 108 valence electrons. The first-order chi connectivity index (χ1) is 8.83. The van der Waals surface area contributed by atoms with Gasteiger partial charge in [-0.1, -0.05) is 6.07 Å². The van der Waals surface area contributed by atoms with Crippen LogP contribution in [0, 0.1) is 5.82 Å². The standard InChI is InChI=1S/C12H15F4NO2/c1-8(17-2)10-4-3-9(13)7-11(10)18-5-6-19-12(14,15)16/h3-4,7-8,17H,5-6H2,1-2H3. The Balaban J connectivity index is 2.63. The third kappa shape index (κ3) is 5.44. The van der Waals surface area contributed by atoms with Crippen molar-refractivity contribution in [1.29, 1.82) is 0 Å². The summed E-state index contributed by atoms with van der Waals surface area (Å²) in [5.41, 5.74) is 0.663. The van der Waals surface area contributed by atoms with E-state index in [1.807, 2.05) is 6.92 Å². The number of alkyl halides is 3. The van der Waals surface area contributed by atoms with E-state index in [0.717, 1.165) is 6.07 Å². The molecule has 1 atom stereocenters. The molecule has 0 saturated heterocycles. The Labute approximate surface area is 108 Å². The first kappa shape index (κ1) is 15.7. The number of ether oxygens (including phenoxy) is 2. The maximum absolute atomic E-state index is 13.1. The predicted molar refractivity (Wildman–Crippen MR) is 61.4 cm³/mol. The van der Waals surface area contributed by atoms with Crippen molar-refractivity contribution in [2.75, 3.05) is 20.3 Å². The Morgan fingerprint density at radius 1 is 1.26 bits per heavy atom. The van der Waals surface area contributed by atoms with Crippen LogP contribution in [0.2, 0.25) is 0 Å². The zero-order valence-electron chi connectivity index (χ0n) is 10.6. The van der Waals surface area contributed by atoms with Crippen LogP contribution in [-0.2, 0) is 4.74 Å². The third-order valence-corrected chi connectivity index (χ3v) is 2.48. The maximum Gasteiger partial charge on any atom is 0.522 e. The van der Waals surface area contributed by atoms with Gasteiger partial charge in [0.1, 0.15) is 18.2 Å². The fraction of sp³-hybridized carbons (Fsp3) is 0.500.